The highest BCUT2D eigenvalue weighted by Crippen LogP contribution is 2.51. The third-order valence-corrected chi connectivity index (χ3v) is 4.10. The molecule has 15 heavy (non-hydrogen) atoms. The Labute approximate surface area is 94.3 Å². The number of rotatable bonds is 3. The van der Waals surface area contributed by atoms with Crippen molar-refractivity contribution in [2.45, 2.75) is 27.2 Å². The van der Waals surface area contributed by atoms with E-state index in [9.17, 15) is 0 Å². The van der Waals surface area contributed by atoms with Crippen molar-refractivity contribution in [3.05, 3.63) is 11.3 Å². The molecule has 4 heteroatoms. The average molecular weight is 221 g/mol. The molecule has 0 aliphatic heterocycles. The van der Waals surface area contributed by atoms with Gasteiger partial charge in [0.15, 0.2) is 0 Å². The maximum absolute atomic E-state index is 8.95. The van der Waals surface area contributed by atoms with Crippen LogP contribution in [-0.4, -0.2) is 10.9 Å². The Balaban J connectivity index is 1.98. The van der Waals surface area contributed by atoms with Crippen LogP contribution in [0.3, 0.4) is 0 Å². The zero-order valence-electron chi connectivity index (χ0n) is 9.29. The van der Waals surface area contributed by atoms with Gasteiger partial charge in [-0.2, -0.15) is 9.64 Å². The zero-order valence-corrected chi connectivity index (χ0v) is 10.1. The molecule has 0 saturated heterocycles. The number of aryl methyl sites for hydroxylation is 1. The second-order valence-electron chi connectivity index (χ2n) is 4.85. The van der Waals surface area contributed by atoms with Crippen molar-refractivity contribution in [3.63, 3.8) is 0 Å². The average Bonchev–Trinajstić information content (AvgIpc) is 2.63. The molecule has 1 aliphatic carbocycles. The monoisotopic (exact) mass is 221 g/mol. The van der Waals surface area contributed by atoms with E-state index in [0.29, 0.717) is 11.0 Å². The predicted molar refractivity (Wildman–Crippen MR) is 61.9 cm³/mol. The number of aromatic nitrogens is 1. The summed E-state index contributed by atoms with van der Waals surface area (Å²) in [6.45, 7) is 7.40. The van der Waals surface area contributed by atoms with Gasteiger partial charge in [0.1, 0.15) is 16.6 Å². The molecular weight excluding hydrogens is 206 g/mol. The Bertz CT molecular complexity index is 414. The molecule has 1 aliphatic rings. The second-order valence-corrected chi connectivity index (χ2v) is 5.63. The summed E-state index contributed by atoms with van der Waals surface area (Å²) in [6.07, 6.45) is 1.28. The van der Waals surface area contributed by atoms with Crippen LogP contribution in [0.15, 0.2) is 0 Å². The lowest BCUT2D eigenvalue weighted by Crippen LogP contribution is -2.06. The number of hydrogen-bond donors (Lipinski definition) is 1. The fourth-order valence-electron chi connectivity index (χ4n) is 1.76. The lowest BCUT2D eigenvalue weighted by atomic mass is 10.1. The first kappa shape index (κ1) is 10.4. The first-order chi connectivity index (χ1) is 7.04. The van der Waals surface area contributed by atoms with Gasteiger partial charge < -0.3 is 5.32 Å². The van der Waals surface area contributed by atoms with E-state index in [0.717, 1.165) is 23.2 Å². The number of nitriles is 1. The van der Waals surface area contributed by atoms with E-state index in [1.54, 1.807) is 0 Å². The third-order valence-electron chi connectivity index (χ3n) is 3.20. The van der Waals surface area contributed by atoms with Crippen LogP contribution in [0.1, 0.15) is 31.5 Å². The SMILES string of the molecule is Cc1nsc(NCC2CC2(C)C)c1C#N. The molecule has 1 saturated carbocycles. The molecule has 3 nitrogen and oxygen atoms in total. The molecule has 1 aromatic rings. The smallest absolute Gasteiger partial charge is 0.127 e. The third kappa shape index (κ3) is 1.98. The summed E-state index contributed by atoms with van der Waals surface area (Å²) >= 11 is 1.39. The molecule has 0 radical (unpaired) electrons. The van der Waals surface area contributed by atoms with Gasteiger partial charge in [0.05, 0.1) is 5.69 Å². The van der Waals surface area contributed by atoms with Crippen molar-refractivity contribution < 1.29 is 0 Å². The molecule has 1 atom stereocenters. The molecular formula is C11H15N3S. The Morgan fingerprint density at radius 3 is 2.87 bits per heavy atom. The van der Waals surface area contributed by atoms with Crippen molar-refractivity contribution in [1.29, 1.82) is 5.26 Å². The van der Waals surface area contributed by atoms with Crippen LogP contribution in [0, 0.1) is 29.6 Å². The molecule has 1 heterocycles. The van der Waals surface area contributed by atoms with E-state index < -0.39 is 0 Å². The summed E-state index contributed by atoms with van der Waals surface area (Å²) < 4.78 is 4.18. The fraction of sp³-hybridized carbons (Fsp3) is 0.636. The molecule has 80 valence electrons. The highest BCUT2D eigenvalue weighted by molar-refractivity contribution is 7.10. The summed E-state index contributed by atoms with van der Waals surface area (Å²) in [7, 11) is 0. The number of anilines is 1. The van der Waals surface area contributed by atoms with E-state index in [1.807, 2.05) is 6.92 Å². The van der Waals surface area contributed by atoms with Crippen LogP contribution in [0.4, 0.5) is 5.00 Å². The van der Waals surface area contributed by atoms with Gasteiger partial charge in [0.2, 0.25) is 0 Å². The van der Waals surface area contributed by atoms with Crippen LogP contribution in [0.25, 0.3) is 0 Å². The van der Waals surface area contributed by atoms with E-state index in [2.05, 4.69) is 29.6 Å². The van der Waals surface area contributed by atoms with Gasteiger partial charge in [-0.1, -0.05) is 13.8 Å². The van der Waals surface area contributed by atoms with E-state index in [4.69, 9.17) is 5.26 Å². The Morgan fingerprint density at radius 1 is 1.67 bits per heavy atom. The molecule has 2 rings (SSSR count). The van der Waals surface area contributed by atoms with Crippen LogP contribution in [-0.2, 0) is 0 Å². The molecule has 1 N–H and O–H groups in total. The minimum atomic E-state index is 0.486. The van der Waals surface area contributed by atoms with Gasteiger partial charge in [0, 0.05) is 6.54 Å². The van der Waals surface area contributed by atoms with Crippen molar-refractivity contribution in [3.8, 4) is 6.07 Å². The van der Waals surface area contributed by atoms with Crippen LogP contribution in [0.5, 0.6) is 0 Å². The largest absolute Gasteiger partial charge is 0.374 e. The van der Waals surface area contributed by atoms with Crippen molar-refractivity contribution in [2.24, 2.45) is 11.3 Å². The van der Waals surface area contributed by atoms with Gasteiger partial charge in [-0.25, -0.2) is 0 Å². The van der Waals surface area contributed by atoms with Gasteiger partial charge in [-0.3, -0.25) is 0 Å². The van der Waals surface area contributed by atoms with E-state index in [-0.39, 0.29) is 0 Å². The van der Waals surface area contributed by atoms with Gasteiger partial charge in [0.25, 0.3) is 0 Å². The first-order valence-electron chi connectivity index (χ1n) is 5.15. The highest BCUT2D eigenvalue weighted by atomic mass is 32.1. The molecule has 0 spiro atoms. The lowest BCUT2D eigenvalue weighted by molar-refractivity contribution is 0.573. The minimum Gasteiger partial charge on any atom is -0.374 e. The Kier molecular flexibility index (Phi) is 2.43. The lowest BCUT2D eigenvalue weighted by Gasteiger charge is -2.05. The zero-order chi connectivity index (χ0) is 11.1. The molecule has 1 unspecified atom stereocenters. The summed E-state index contributed by atoms with van der Waals surface area (Å²) in [4.78, 5) is 0. The quantitative estimate of drug-likeness (QED) is 0.853. The molecule has 1 aromatic heterocycles. The molecule has 0 aromatic carbocycles. The van der Waals surface area contributed by atoms with Crippen LogP contribution >= 0.6 is 11.5 Å². The van der Waals surface area contributed by atoms with Crippen LogP contribution in [0.2, 0.25) is 0 Å². The maximum atomic E-state index is 8.95. The number of nitrogens with one attached hydrogen (secondary N) is 1. The Hall–Kier alpha value is -1.08. The number of nitrogens with zero attached hydrogens (tertiary/aromatic N) is 2. The van der Waals surface area contributed by atoms with E-state index in [1.165, 1.54) is 18.0 Å². The van der Waals surface area contributed by atoms with Gasteiger partial charge in [-0.15, -0.1) is 0 Å². The summed E-state index contributed by atoms with van der Waals surface area (Å²) in [5.41, 5.74) is 2.03. The fourth-order valence-corrected chi connectivity index (χ4v) is 2.51. The van der Waals surface area contributed by atoms with Crippen LogP contribution < -0.4 is 5.32 Å². The standard InChI is InChI=1S/C11H15N3S/c1-7-9(5-12)10(15-14-7)13-6-8-4-11(8,2)3/h8,13H,4,6H2,1-3H3. The summed E-state index contributed by atoms with van der Waals surface area (Å²) in [5.74, 6) is 0.742. The normalized spacial score (nSPS) is 22.1. The summed E-state index contributed by atoms with van der Waals surface area (Å²) in [6, 6.07) is 2.19. The Morgan fingerprint density at radius 2 is 2.33 bits per heavy atom. The predicted octanol–water partition coefficient (Wildman–Crippen LogP) is 2.78. The minimum absolute atomic E-state index is 0.486. The summed E-state index contributed by atoms with van der Waals surface area (Å²) in [5, 5.41) is 13.2. The van der Waals surface area contributed by atoms with Crippen molar-refractivity contribution >= 4 is 16.5 Å². The topological polar surface area (TPSA) is 48.7 Å². The molecule has 0 bridgehead atoms. The molecule has 1 fully saturated rings. The molecule has 0 amide bonds. The highest BCUT2D eigenvalue weighted by Gasteiger charge is 2.45. The second kappa shape index (κ2) is 3.49. The van der Waals surface area contributed by atoms with E-state index >= 15 is 0 Å². The first-order valence-corrected chi connectivity index (χ1v) is 5.92. The number of hydrogen-bond acceptors (Lipinski definition) is 4. The van der Waals surface area contributed by atoms with Gasteiger partial charge >= 0.3 is 0 Å². The van der Waals surface area contributed by atoms with Crippen molar-refractivity contribution in [2.75, 3.05) is 11.9 Å². The maximum Gasteiger partial charge on any atom is 0.127 e. The van der Waals surface area contributed by atoms with Crippen molar-refractivity contribution in [1.82, 2.24) is 4.37 Å². The van der Waals surface area contributed by atoms with Gasteiger partial charge in [-0.05, 0) is 36.2 Å².